The Morgan fingerprint density at radius 1 is 1.32 bits per heavy atom. The summed E-state index contributed by atoms with van der Waals surface area (Å²) in [6.07, 6.45) is 0.157. The van der Waals surface area contributed by atoms with E-state index in [-0.39, 0.29) is 12.3 Å². The van der Waals surface area contributed by atoms with E-state index in [1.165, 1.54) is 0 Å². The van der Waals surface area contributed by atoms with Gasteiger partial charge in [-0.25, -0.2) is 0 Å². The molecule has 5 nitrogen and oxygen atoms in total. The van der Waals surface area contributed by atoms with E-state index in [1.807, 2.05) is 49.3 Å². The summed E-state index contributed by atoms with van der Waals surface area (Å²) in [7, 11) is 3.80. The molecule has 7 heteroatoms. The van der Waals surface area contributed by atoms with Crippen LogP contribution in [0.25, 0.3) is 0 Å². The van der Waals surface area contributed by atoms with E-state index in [9.17, 15) is 4.79 Å². The monoisotopic (exact) mass is 372 g/mol. The molecule has 1 heterocycles. The van der Waals surface area contributed by atoms with Crippen molar-refractivity contribution in [2.24, 2.45) is 10.7 Å². The smallest absolute Gasteiger partial charge is 0.230 e. The minimum absolute atomic E-state index is 0.146. The van der Waals surface area contributed by atoms with Crippen LogP contribution in [0.5, 0.6) is 0 Å². The molecule has 1 aliphatic heterocycles. The van der Waals surface area contributed by atoms with Gasteiger partial charge in [-0.3, -0.25) is 9.79 Å². The van der Waals surface area contributed by atoms with Crippen LogP contribution in [0.2, 0.25) is 5.02 Å². The number of amides is 1. The minimum Gasteiger partial charge on any atom is -0.389 e. The Kier molecular flexibility index (Phi) is 4.74. The van der Waals surface area contributed by atoms with Gasteiger partial charge in [0, 0.05) is 19.7 Å². The summed E-state index contributed by atoms with van der Waals surface area (Å²) in [5, 5.41) is 3.41. The fourth-order valence-corrected chi connectivity index (χ4v) is 3.10. The average molecular weight is 373 g/mol. The van der Waals surface area contributed by atoms with Gasteiger partial charge in [-0.1, -0.05) is 42.0 Å². The van der Waals surface area contributed by atoms with Gasteiger partial charge in [0.25, 0.3) is 0 Å². The zero-order valence-corrected chi connectivity index (χ0v) is 15.4. The number of carbonyl (C=O) groups is 1. The Bertz CT molecular complexity index is 908. The molecule has 0 aliphatic carbocycles. The van der Waals surface area contributed by atoms with Gasteiger partial charge in [-0.15, -0.1) is 0 Å². The normalized spacial score (nSPS) is 13.4. The lowest BCUT2D eigenvalue weighted by Gasteiger charge is -2.16. The van der Waals surface area contributed by atoms with Crippen molar-refractivity contribution in [3.63, 3.8) is 0 Å². The van der Waals surface area contributed by atoms with Gasteiger partial charge in [-0.05, 0) is 23.8 Å². The van der Waals surface area contributed by atoms with Crippen molar-refractivity contribution >= 4 is 57.5 Å². The summed E-state index contributed by atoms with van der Waals surface area (Å²) in [5.41, 5.74) is 10.0. The number of nitrogens with one attached hydrogen (secondary N) is 1. The van der Waals surface area contributed by atoms with E-state index >= 15 is 0 Å². The van der Waals surface area contributed by atoms with Crippen LogP contribution in [0.4, 0.5) is 17.1 Å². The summed E-state index contributed by atoms with van der Waals surface area (Å²) in [4.78, 5) is 19.2. The third kappa shape index (κ3) is 3.65. The third-order valence-corrected chi connectivity index (χ3v) is 4.42. The molecule has 0 aromatic heterocycles. The highest BCUT2D eigenvalue weighted by molar-refractivity contribution is 7.80. The van der Waals surface area contributed by atoms with Crippen LogP contribution in [0.1, 0.15) is 17.5 Å². The lowest BCUT2D eigenvalue weighted by Crippen LogP contribution is -2.16. The van der Waals surface area contributed by atoms with E-state index in [2.05, 4.69) is 5.32 Å². The number of benzene rings is 2. The standard InChI is InChI=1S/C18H17ClN4OS/c1-23(2)16-8-15-14(7-12(16)19)22-17(24)9-13(21-15)10-4-3-5-11(6-10)18(20)25/h3-8H,9H2,1-2H3,(H2,20,25)(H,22,24). The number of thiocarbonyl (C=S) groups is 1. The molecule has 2 aromatic rings. The van der Waals surface area contributed by atoms with E-state index < -0.39 is 0 Å². The number of nitrogens with zero attached hydrogens (tertiary/aromatic N) is 2. The van der Waals surface area contributed by atoms with Crippen molar-refractivity contribution in [3.05, 3.63) is 52.5 Å². The predicted octanol–water partition coefficient (Wildman–Crippen LogP) is 3.50. The lowest BCUT2D eigenvalue weighted by atomic mass is 10.0. The Morgan fingerprint density at radius 2 is 2.08 bits per heavy atom. The second kappa shape index (κ2) is 6.82. The summed E-state index contributed by atoms with van der Waals surface area (Å²) >= 11 is 11.3. The summed E-state index contributed by atoms with van der Waals surface area (Å²) in [6, 6.07) is 11.0. The zero-order chi connectivity index (χ0) is 18.1. The van der Waals surface area contributed by atoms with Gasteiger partial charge in [0.2, 0.25) is 5.91 Å². The second-order valence-corrected chi connectivity index (χ2v) is 6.79. The largest absolute Gasteiger partial charge is 0.389 e. The molecule has 25 heavy (non-hydrogen) atoms. The number of halogens is 1. The van der Waals surface area contributed by atoms with E-state index in [4.69, 9.17) is 34.5 Å². The van der Waals surface area contributed by atoms with Gasteiger partial charge >= 0.3 is 0 Å². The van der Waals surface area contributed by atoms with Gasteiger partial charge in [0.05, 0.1) is 34.2 Å². The first kappa shape index (κ1) is 17.4. The number of carbonyl (C=O) groups excluding carboxylic acids is 1. The Balaban J connectivity index is 2.14. The molecular weight excluding hydrogens is 356 g/mol. The van der Waals surface area contributed by atoms with Crippen LogP contribution in [0.3, 0.4) is 0 Å². The van der Waals surface area contributed by atoms with Crippen molar-refractivity contribution in [2.45, 2.75) is 6.42 Å². The molecule has 0 radical (unpaired) electrons. The number of anilines is 2. The van der Waals surface area contributed by atoms with Crippen LogP contribution < -0.4 is 16.0 Å². The Labute approximate surface area is 156 Å². The highest BCUT2D eigenvalue weighted by Crippen LogP contribution is 2.38. The van der Waals surface area contributed by atoms with Crippen LogP contribution >= 0.6 is 23.8 Å². The molecule has 2 aromatic carbocycles. The van der Waals surface area contributed by atoms with E-state index in [1.54, 1.807) is 6.07 Å². The Morgan fingerprint density at radius 3 is 2.76 bits per heavy atom. The maximum Gasteiger partial charge on any atom is 0.230 e. The number of rotatable bonds is 3. The molecule has 0 unspecified atom stereocenters. The molecule has 3 N–H and O–H groups in total. The molecule has 0 saturated heterocycles. The number of aliphatic imine (C=N–C) groups is 1. The molecule has 0 saturated carbocycles. The van der Waals surface area contributed by atoms with Crippen molar-refractivity contribution in [2.75, 3.05) is 24.3 Å². The molecule has 1 amide bonds. The van der Waals surface area contributed by atoms with Crippen LogP contribution in [-0.2, 0) is 4.79 Å². The van der Waals surface area contributed by atoms with Crippen molar-refractivity contribution in [1.82, 2.24) is 0 Å². The highest BCUT2D eigenvalue weighted by atomic mass is 35.5. The summed E-state index contributed by atoms with van der Waals surface area (Å²) in [5.74, 6) is -0.146. The number of hydrogen-bond acceptors (Lipinski definition) is 4. The second-order valence-electron chi connectivity index (χ2n) is 5.94. The molecular formula is C18H17ClN4OS. The van der Waals surface area contributed by atoms with Crippen molar-refractivity contribution in [3.8, 4) is 0 Å². The molecule has 3 rings (SSSR count). The van der Waals surface area contributed by atoms with Crippen LogP contribution in [0, 0.1) is 0 Å². The first-order chi connectivity index (χ1) is 11.8. The fraction of sp³-hybridized carbons (Fsp3) is 0.167. The molecule has 0 fully saturated rings. The summed E-state index contributed by atoms with van der Waals surface area (Å²) < 4.78 is 0. The van der Waals surface area contributed by atoms with Crippen molar-refractivity contribution in [1.29, 1.82) is 0 Å². The lowest BCUT2D eigenvalue weighted by molar-refractivity contribution is -0.115. The first-order valence-corrected chi connectivity index (χ1v) is 8.42. The minimum atomic E-state index is -0.146. The number of hydrogen-bond donors (Lipinski definition) is 2. The zero-order valence-electron chi connectivity index (χ0n) is 13.8. The summed E-state index contributed by atoms with van der Waals surface area (Å²) in [6.45, 7) is 0. The van der Waals surface area contributed by atoms with Gasteiger partial charge in [0.1, 0.15) is 4.99 Å². The van der Waals surface area contributed by atoms with E-state index in [0.717, 1.165) is 16.8 Å². The molecule has 1 aliphatic rings. The SMILES string of the molecule is CN(C)c1cc2c(cc1Cl)NC(=O)CC(c1cccc(C(N)=S)c1)=N2. The maximum atomic E-state index is 12.3. The molecule has 0 bridgehead atoms. The Hall–Kier alpha value is -2.44. The van der Waals surface area contributed by atoms with Gasteiger partial charge < -0.3 is 16.0 Å². The van der Waals surface area contributed by atoms with Crippen molar-refractivity contribution < 1.29 is 4.79 Å². The quantitative estimate of drug-likeness (QED) is 0.809. The topological polar surface area (TPSA) is 70.7 Å². The van der Waals surface area contributed by atoms with Gasteiger partial charge in [0.15, 0.2) is 0 Å². The number of nitrogens with two attached hydrogens (primary N) is 1. The molecule has 128 valence electrons. The molecule has 0 atom stereocenters. The van der Waals surface area contributed by atoms with E-state index in [0.29, 0.717) is 27.1 Å². The molecule has 0 spiro atoms. The predicted molar refractivity (Wildman–Crippen MR) is 108 cm³/mol. The fourth-order valence-electron chi connectivity index (χ4n) is 2.64. The maximum absolute atomic E-state index is 12.3. The highest BCUT2D eigenvalue weighted by Gasteiger charge is 2.19. The van der Waals surface area contributed by atoms with Crippen LogP contribution in [0.15, 0.2) is 41.4 Å². The average Bonchev–Trinajstić information content (AvgIpc) is 2.71. The van der Waals surface area contributed by atoms with Crippen LogP contribution in [-0.4, -0.2) is 30.7 Å². The third-order valence-electron chi connectivity index (χ3n) is 3.88. The first-order valence-electron chi connectivity index (χ1n) is 7.63. The number of fused-ring (bicyclic) bond motifs is 1. The van der Waals surface area contributed by atoms with Gasteiger partial charge in [-0.2, -0.15) is 0 Å².